The number of carbonyl (C=O) groups is 1. The van der Waals surface area contributed by atoms with Gasteiger partial charge >= 0.3 is 5.97 Å². The number of anilines is 1. The summed E-state index contributed by atoms with van der Waals surface area (Å²) in [5.41, 5.74) is 1.61. The fraction of sp³-hybridized carbons (Fsp3) is 0.0714. The predicted octanol–water partition coefficient (Wildman–Crippen LogP) is 2.50. The quantitative estimate of drug-likeness (QED) is 0.749. The SMILES string of the molecule is Cc1ccc(C(=O)O)cc1NS(=O)(=O)c1cccc2nsnc12. The Balaban J connectivity index is 2.07. The number of hydrogen-bond donors (Lipinski definition) is 2. The molecule has 0 aliphatic heterocycles. The zero-order valence-electron chi connectivity index (χ0n) is 11.8. The first-order chi connectivity index (χ1) is 10.9. The molecule has 0 radical (unpaired) electrons. The van der Waals surface area contributed by atoms with Gasteiger partial charge < -0.3 is 5.11 Å². The Hall–Kier alpha value is -2.52. The molecule has 0 aliphatic carbocycles. The van der Waals surface area contributed by atoms with Crippen LogP contribution < -0.4 is 4.72 Å². The highest BCUT2D eigenvalue weighted by Crippen LogP contribution is 2.25. The highest BCUT2D eigenvalue weighted by Gasteiger charge is 2.21. The maximum absolute atomic E-state index is 12.6. The van der Waals surface area contributed by atoms with E-state index in [2.05, 4.69) is 13.5 Å². The molecule has 0 saturated carbocycles. The highest BCUT2D eigenvalue weighted by atomic mass is 32.2. The normalized spacial score (nSPS) is 11.5. The topological polar surface area (TPSA) is 109 Å². The van der Waals surface area contributed by atoms with Crippen LogP contribution >= 0.6 is 11.7 Å². The molecule has 2 aromatic carbocycles. The van der Waals surface area contributed by atoms with Crippen LogP contribution in [0, 0.1) is 6.92 Å². The van der Waals surface area contributed by atoms with Crippen LogP contribution in [0.15, 0.2) is 41.3 Å². The van der Waals surface area contributed by atoms with Gasteiger partial charge in [0.2, 0.25) is 0 Å². The third-order valence-corrected chi connectivity index (χ3v) is 5.21. The zero-order chi connectivity index (χ0) is 16.6. The van der Waals surface area contributed by atoms with Crippen molar-refractivity contribution in [3.63, 3.8) is 0 Å². The molecular weight excluding hydrogens is 338 g/mol. The molecular formula is C14H11N3O4S2. The average Bonchev–Trinajstić information content (AvgIpc) is 2.97. The van der Waals surface area contributed by atoms with Crippen LogP contribution in [0.2, 0.25) is 0 Å². The third kappa shape index (κ3) is 2.88. The molecule has 0 amide bonds. The number of aryl methyl sites for hydroxylation is 1. The van der Waals surface area contributed by atoms with Crippen molar-refractivity contribution in [1.82, 2.24) is 8.75 Å². The summed E-state index contributed by atoms with van der Waals surface area (Å²) in [5, 5.41) is 9.03. The third-order valence-electron chi connectivity index (χ3n) is 3.27. The molecule has 1 heterocycles. The van der Waals surface area contributed by atoms with Crippen molar-refractivity contribution < 1.29 is 18.3 Å². The van der Waals surface area contributed by atoms with Crippen LogP contribution in [0.4, 0.5) is 5.69 Å². The number of carboxylic acid groups (broad SMARTS) is 1. The lowest BCUT2D eigenvalue weighted by Crippen LogP contribution is -2.15. The van der Waals surface area contributed by atoms with Crippen LogP contribution in [0.1, 0.15) is 15.9 Å². The predicted molar refractivity (Wildman–Crippen MR) is 86.4 cm³/mol. The van der Waals surface area contributed by atoms with Crippen molar-refractivity contribution >= 4 is 44.4 Å². The fourth-order valence-electron chi connectivity index (χ4n) is 2.06. The smallest absolute Gasteiger partial charge is 0.335 e. The minimum absolute atomic E-state index is 0.00170. The zero-order valence-corrected chi connectivity index (χ0v) is 13.5. The van der Waals surface area contributed by atoms with E-state index in [1.807, 2.05) is 0 Å². The molecule has 0 aliphatic rings. The average molecular weight is 349 g/mol. The number of nitrogens with one attached hydrogen (secondary N) is 1. The van der Waals surface area contributed by atoms with E-state index in [0.29, 0.717) is 11.1 Å². The second-order valence-corrected chi connectivity index (χ2v) is 7.01. The monoisotopic (exact) mass is 349 g/mol. The number of fused-ring (bicyclic) bond motifs is 1. The second kappa shape index (κ2) is 5.60. The Bertz CT molecular complexity index is 1010. The minimum Gasteiger partial charge on any atom is -0.478 e. The van der Waals surface area contributed by atoms with E-state index < -0.39 is 16.0 Å². The van der Waals surface area contributed by atoms with Gasteiger partial charge in [0.25, 0.3) is 10.0 Å². The molecule has 9 heteroatoms. The van der Waals surface area contributed by atoms with Crippen molar-refractivity contribution in [1.29, 1.82) is 0 Å². The molecule has 23 heavy (non-hydrogen) atoms. The van der Waals surface area contributed by atoms with Crippen molar-refractivity contribution in [3.05, 3.63) is 47.5 Å². The van der Waals surface area contributed by atoms with E-state index >= 15 is 0 Å². The van der Waals surface area contributed by atoms with E-state index in [4.69, 9.17) is 5.11 Å². The van der Waals surface area contributed by atoms with Gasteiger partial charge in [0.05, 0.1) is 23.0 Å². The van der Waals surface area contributed by atoms with Crippen molar-refractivity contribution in [2.75, 3.05) is 4.72 Å². The number of benzene rings is 2. The first kappa shape index (κ1) is 15.4. The Labute approximate surface area is 136 Å². The number of aromatic nitrogens is 2. The van der Waals surface area contributed by atoms with Crippen LogP contribution in [-0.4, -0.2) is 28.2 Å². The van der Waals surface area contributed by atoms with E-state index in [1.54, 1.807) is 25.1 Å². The van der Waals surface area contributed by atoms with Crippen LogP contribution in [0.3, 0.4) is 0 Å². The van der Waals surface area contributed by atoms with Gasteiger partial charge in [-0.2, -0.15) is 8.75 Å². The van der Waals surface area contributed by atoms with Gasteiger partial charge in [-0.25, -0.2) is 13.2 Å². The summed E-state index contributed by atoms with van der Waals surface area (Å²) in [7, 11) is -3.91. The minimum atomic E-state index is -3.91. The summed E-state index contributed by atoms with van der Waals surface area (Å²) in [6.07, 6.45) is 0. The summed E-state index contributed by atoms with van der Waals surface area (Å²) < 4.78 is 35.7. The molecule has 2 N–H and O–H groups in total. The van der Waals surface area contributed by atoms with Crippen molar-refractivity contribution in [2.24, 2.45) is 0 Å². The van der Waals surface area contributed by atoms with E-state index in [0.717, 1.165) is 11.7 Å². The standard InChI is InChI=1S/C14H11N3O4S2/c1-8-5-6-9(14(18)19)7-11(8)17-23(20,21)12-4-2-3-10-13(12)16-22-15-10/h2-7,17H,1H3,(H,18,19). The van der Waals surface area contributed by atoms with Crippen molar-refractivity contribution in [3.8, 4) is 0 Å². The van der Waals surface area contributed by atoms with Crippen LogP contribution in [0.25, 0.3) is 11.0 Å². The summed E-state index contributed by atoms with van der Waals surface area (Å²) in [6.45, 7) is 1.69. The molecule has 3 rings (SSSR count). The number of carboxylic acids is 1. The van der Waals surface area contributed by atoms with Gasteiger partial charge in [-0.05, 0) is 36.8 Å². The second-order valence-electron chi connectivity index (χ2n) is 4.83. The molecule has 0 unspecified atom stereocenters. The number of sulfonamides is 1. The maximum Gasteiger partial charge on any atom is 0.335 e. The van der Waals surface area contributed by atoms with E-state index in [9.17, 15) is 13.2 Å². The molecule has 0 fully saturated rings. The molecule has 0 bridgehead atoms. The van der Waals surface area contributed by atoms with E-state index in [1.165, 1.54) is 18.2 Å². The van der Waals surface area contributed by atoms with Crippen molar-refractivity contribution in [2.45, 2.75) is 11.8 Å². The first-order valence-electron chi connectivity index (χ1n) is 6.46. The lowest BCUT2D eigenvalue weighted by molar-refractivity contribution is 0.0697. The summed E-state index contributed by atoms with van der Waals surface area (Å²) in [6, 6.07) is 8.94. The van der Waals surface area contributed by atoms with Gasteiger partial charge in [0.1, 0.15) is 15.9 Å². The first-order valence-corrected chi connectivity index (χ1v) is 8.68. The van der Waals surface area contributed by atoms with Gasteiger partial charge in [-0.3, -0.25) is 4.72 Å². The molecule has 0 saturated heterocycles. The van der Waals surface area contributed by atoms with Gasteiger partial charge in [-0.1, -0.05) is 12.1 Å². The number of nitrogens with zero attached hydrogens (tertiary/aromatic N) is 2. The van der Waals surface area contributed by atoms with Gasteiger partial charge in [0, 0.05) is 0 Å². The molecule has 7 nitrogen and oxygen atoms in total. The molecule has 118 valence electrons. The molecule has 0 spiro atoms. The Morgan fingerprint density at radius 3 is 2.74 bits per heavy atom. The maximum atomic E-state index is 12.6. The molecule has 0 atom stereocenters. The molecule has 3 aromatic rings. The Morgan fingerprint density at radius 2 is 2.00 bits per heavy atom. The number of aromatic carboxylic acids is 1. The van der Waals surface area contributed by atoms with Gasteiger partial charge in [-0.15, -0.1) is 0 Å². The lowest BCUT2D eigenvalue weighted by Gasteiger charge is -2.11. The lowest BCUT2D eigenvalue weighted by atomic mass is 10.1. The summed E-state index contributed by atoms with van der Waals surface area (Å²) >= 11 is 0.929. The van der Waals surface area contributed by atoms with Gasteiger partial charge in [0.15, 0.2) is 0 Å². The number of rotatable bonds is 4. The summed E-state index contributed by atoms with van der Waals surface area (Å²) in [5.74, 6) is -1.13. The number of hydrogen-bond acceptors (Lipinski definition) is 6. The molecule has 1 aromatic heterocycles. The van der Waals surface area contributed by atoms with Crippen LogP contribution in [0.5, 0.6) is 0 Å². The Kier molecular flexibility index (Phi) is 3.74. The summed E-state index contributed by atoms with van der Waals surface area (Å²) in [4.78, 5) is 11.0. The highest BCUT2D eigenvalue weighted by molar-refractivity contribution is 7.93. The largest absolute Gasteiger partial charge is 0.478 e. The fourth-order valence-corrected chi connectivity index (χ4v) is 3.95. The Morgan fingerprint density at radius 1 is 1.22 bits per heavy atom. The van der Waals surface area contributed by atoms with E-state index in [-0.39, 0.29) is 21.7 Å². The van der Waals surface area contributed by atoms with Crippen LogP contribution in [-0.2, 0) is 10.0 Å².